The van der Waals surface area contributed by atoms with Gasteiger partial charge in [-0.05, 0) is 40.5 Å². The molecule has 0 aliphatic heterocycles. The van der Waals surface area contributed by atoms with Gasteiger partial charge in [0.2, 0.25) is 0 Å². The highest BCUT2D eigenvalue weighted by Gasteiger charge is 2.07. The van der Waals surface area contributed by atoms with E-state index in [1.165, 1.54) is 16.7 Å². The lowest BCUT2D eigenvalue weighted by Crippen LogP contribution is -2.05. The third-order valence-electron chi connectivity index (χ3n) is 4.74. The summed E-state index contributed by atoms with van der Waals surface area (Å²) in [6, 6.07) is 26.7. The van der Waals surface area contributed by atoms with Gasteiger partial charge in [-0.15, -0.1) is 0 Å². The van der Waals surface area contributed by atoms with E-state index in [1.54, 1.807) is 0 Å². The molecule has 3 nitrogen and oxygen atoms in total. The van der Waals surface area contributed by atoms with Crippen LogP contribution in [0.1, 0.15) is 22.5 Å². The molecule has 0 aliphatic rings. The fraction of sp³-hybridized carbons (Fsp3) is 0.0833. The zero-order valence-electron chi connectivity index (χ0n) is 15.2. The largest absolute Gasteiger partial charge is 0.330 e. The van der Waals surface area contributed by atoms with Gasteiger partial charge in [-0.2, -0.15) is 5.26 Å². The van der Waals surface area contributed by atoms with E-state index in [1.807, 2.05) is 42.7 Å². The first-order chi connectivity index (χ1) is 13.7. The zero-order chi connectivity index (χ0) is 19.3. The average Bonchev–Trinajstić information content (AvgIpc) is 3.16. The Morgan fingerprint density at radius 3 is 2.32 bits per heavy atom. The molecule has 0 fully saturated rings. The monoisotopic (exact) mass is 427 g/mol. The second kappa shape index (κ2) is 8.24. The lowest BCUT2D eigenvalue weighted by atomic mass is 10.0. The number of hydrogen-bond donors (Lipinski definition) is 0. The fourth-order valence-corrected chi connectivity index (χ4v) is 3.73. The van der Waals surface area contributed by atoms with Gasteiger partial charge in [0.25, 0.3) is 0 Å². The Morgan fingerprint density at radius 1 is 0.893 bits per heavy atom. The summed E-state index contributed by atoms with van der Waals surface area (Å²) in [6.45, 7) is 0.780. The van der Waals surface area contributed by atoms with Gasteiger partial charge in [-0.25, -0.2) is 4.98 Å². The first kappa shape index (κ1) is 18.2. The summed E-state index contributed by atoms with van der Waals surface area (Å²) in [5, 5.41) is 8.93. The number of benzene rings is 3. The highest BCUT2D eigenvalue weighted by Crippen LogP contribution is 2.28. The Balaban J connectivity index is 1.50. The fourth-order valence-electron chi connectivity index (χ4n) is 3.21. The number of nitriles is 1. The van der Waals surface area contributed by atoms with Crippen molar-refractivity contribution in [2.24, 2.45) is 0 Å². The maximum Gasteiger partial charge on any atom is 0.113 e. The molecule has 4 aromatic rings. The van der Waals surface area contributed by atoms with Gasteiger partial charge < -0.3 is 4.57 Å². The second-order valence-corrected chi connectivity index (χ2v) is 7.49. The molecule has 0 bridgehead atoms. The van der Waals surface area contributed by atoms with Gasteiger partial charge in [0.1, 0.15) is 5.82 Å². The minimum atomic E-state index is 0.678. The number of aromatic nitrogens is 2. The van der Waals surface area contributed by atoms with Crippen LogP contribution in [0, 0.1) is 11.3 Å². The van der Waals surface area contributed by atoms with E-state index in [4.69, 9.17) is 5.26 Å². The molecule has 1 heterocycles. The van der Waals surface area contributed by atoms with Crippen molar-refractivity contribution in [1.82, 2.24) is 9.55 Å². The summed E-state index contributed by atoms with van der Waals surface area (Å²) >= 11 is 3.62. The van der Waals surface area contributed by atoms with Crippen molar-refractivity contribution in [3.05, 3.63) is 112 Å². The molecule has 0 saturated carbocycles. The smallest absolute Gasteiger partial charge is 0.113 e. The van der Waals surface area contributed by atoms with E-state index in [0.29, 0.717) is 5.56 Å². The quantitative estimate of drug-likeness (QED) is 0.402. The van der Waals surface area contributed by atoms with Gasteiger partial charge in [-0.3, -0.25) is 0 Å². The van der Waals surface area contributed by atoms with Crippen LogP contribution in [0.25, 0.3) is 11.1 Å². The lowest BCUT2D eigenvalue weighted by molar-refractivity contribution is 0.740. The predicted octanol–water partition coefficient (Wildman–Crippen LogP) is 5.82. The van der Waals surface area contributed by atoms with Crippen molar-refractivity contribution in [3.8, 4) is 17.2 Å². The highest BCUT2D eigenvalue weighted by molar-refractivity contribution is 9.10. The number of nitrogens with zero attached hydrogens (tertiary/aromatic N) is 3. The standard InChI is InChI=1S/C24H18BrN3/c25-23-4-2-1-3-22(23)21-11-9-20(10-12-21)17-28-14-13-27-24(28)15-18-5-7-19(16-26)8-6-18/h1-14H,15,17H2. The molecule has 136 valence electrons. The molecule has 3 aromatic carbocycles. The number of hydrogen-bond acceptors (Lipinski definition) is 2. The summed E-state index contributed by atoms with van der Waals surface area (Å²) in [7, 11) is 0. The Morgan fingerprint density at radius 2 is 1.61 bits per heavy atom. The molecule has 28 heavy (non-hydrogen) atoms. The minimum Gasteiger partial charge on any atom is -0.330 e. The van der Waals surface area contributed by atoms with Crippen LogP contribution in [0.15, 0.2) is 89.7 Å². The molecule has 4 rings (SSSR count). The van der Waals surface area contributed by atoms with Crippen molar-refractivity contribution < 1.29 is 0 Å². The molecular formula is C24H18BrN3. The van der Waals surface area contributed by atoms with E-state index < -0.39 is 0 Å². The average molecular weight is 428 g/mol. The first-order valence-electron chi connectivity index (χ1n) is 9.06. The topological polar surface area (TPSA) is 41.6 Å². The number of rotatable bonds is 5. The van der Waals surface area contributed by atoms with Crippen LogP contribution >= 0.6 is 15.9 Å². The van der Waals surface area contributed by atoms with Crippen molar-refractivity contribution in [1.29, 1.82) is 5.26 Å². The SMILES string of the molecule is N#Cc1ccc(Cc2nccn2Cc2ccc(-c3ccccc3Br)cc2)cc1. The van der Waals surface area contributed by atoms with Crippen molar-refractivity contribution in [2.75, 3.05) is 0 Å². The van der Waals surface area contributed by atoms with Gasteiger partial charge in [0, 0.05) is 29.8 Å². The summed E-state index contributed by atoms with van der Waals surface area (Å²) in [4.78, 5) is 4.52. The van der Waals surface area contributed by atoms with Crippen molar-refractivity contribution in [2.45, 2.75) is 13.0 Å². The van der Waals surface area contributed by atoms with Gasteiger partial charge in [-0.1, -0.05) is 70.5 Å². The Bertz CT molecular complexity index is 1120. The predicted molar refractivity (Wildman–Crippen MR) is 115 cm³/mol. The summed E-state index contributed by atoms with van der Waals surface area (Å²) in [5.41, 5.74) is 5.45. The van der Waals surface area contributed by atoms with Gasteiger partial charge in [0.15, 0.2) is 0 Å². The molecule has 0 N–H and O–H groups in total. The van der Waals surface area contributed by atoms with Crippen LogP contribution in [-0.4, -0.2) is 9.55 Å². The van der Waals surface area contributed by atoms with Gasteiger partial charge >= 0.3 is 0 Å². The molecule has 0 unspecified atom stereocenters. The van der Waals surface area contributed by atoms with E-state index in [2.05, 4.69) is 74.0 Å². The molecule has 1 aromatic heterocycles. The van der Waals surface area contributed by atoms with E-state index in [9.17, 15) is 0 Å². The molecule has 0 spiro atoms. The Hall–Kier alpha value is -3.16. The van der Waals surface area contributed by atoms with E-state index >= 15 is 0 Å². The van der Waals surface area contributed by atoms with Crippen LogP contribution in [-0.2, 0) is 13.0 Å². The van der Waals surface area contributed by atoms with E-state index in [0.717, 1.165) is 28.8 Å². The molecule has 0 amide bonds. The Labute approximate surface area is 173 Å². The van der Waals surface area contributed by atoms with Crippen LogP contribution in [0.2, 0.25) is 0 Å². The summed E-state index contributed by atoms with van der Waals surface area (Å²) in [5.74, 6) is 1.01. The molecule has 0 aliphatic carbocycles. The van der Waals surface area contributed by atoms with Crippen LogP contribution < -0.4 is 0 Å². The summed E-state index contributed by atoms with van der Waals surface area (Å²) < 4.78 is 3.27. The lowest BCUT2D eigenvalue weighted by Gasteiger charge is -2.10. The van der Waals surface area contributed by atoms with Crippen LogP contribution in [0.4, 0.5) is 0 Å². The molecule has 0 atom stereocenters. The van der Waals surface area contributed by atoms with Crippen LogP contribution in [0.5, 0.6) is 0 Å². The maximum absolute atomic E-state index is 8.93. The second-order valence-electron chi connectivity index (χ2n) is 6.63. The van der Waals surface area contributed by atoms with Crippen molar-refractivity contribution in [3.63, 3.8) is 0 Å². The highest BCUT2D eigenvalue weighted by atomic mass is 79.9. The first-order valence-corrected chi connectivity index (χ1v) is 9.85. The van der Waals surface area contributed by atoms with Gasteiger partial charge in [0.05, 0.1) is 11.6 Å². The zero-order valence-corrected chi connectivity index (χ0v) is 16.8. The Kier molecular flexibility index (Phi) is 5.36. The molecular weight excluding hydrogens is 410 g/mol. The van der Waals surface area contributed by atoms with Crippen molar-refractivity contribution >= 4 is 15.9 Å². The molecule has 0 radical (unpaired) electrons. The molecule has 4 heteroatoms. The minimum absolute atomic E-state index is 0.678. The van der Waals surface area contributed by atoms with Crippen LogP contribution in [0.3, 0.4) is 0 Å². The summed E-state index contributed by atoms with van der Waals surface area (Å²) in [6.07, 6.45) is 4.60. The normalized spacial score (nSPS) is 10.6. The third kappa shape index (κ3) is 4.05. The maximum atomic E-state index is 8.93. The number of imidazole rings is 1. The molecule has 0 saturated heterocycles. The van der Waals surface area contributed by atoms with E-state index in [-0.39, 0.29) is 0 Å². The number of halogens is 1. The third-order valence-corrected chi connectivity index (χ3v) is 5.43.